The smallest absolute Gasteiger partial charge is 0.0976 e. The minimum atomic E-state index is 0.760. The van der Waals surface area contributed by atoms with Gasteiger partial charge in [0.15, 0.2) is 0 Å². The maximum absolute atomic E-state index is 5.87. The summed E-state index contributed by atoms with van der Waals surface area (Å²) in [6.07, 6.45) is 8.27. The molecule has 0 unspecified atom stereocenters. The van der Waals surface area contributed by atoms with Crippen molar-refractivity contribution in [3.05, 3.63) is 52.5 Å². The molecule has 0 aliphatic heterocycles. The van der Waals surface area contributed by atoms with Crippen LogP contribution in [0.25, 0.3) is 12.2 Å². The average Bonchev–Trinajstić information content (AvgIpc) is 2.46. The van der Waals surface area contributed by atoms with Crippen molar-refractivity contribution in [1.82, 2.24) is 4.98 Å². The highest BCUT2D eigenvalue weighted by Crippen LogP contribution is 2.22. The first-order valence-corrected chi connectivity index (χ1v) is 8.58. The van der Waals surface area contributed by atoms with Gasteiger partial charge in [0.05, 0.1) is 10.1 Å². The van der Waals surface area contributed by atoms with Gasteiger partial charge in [-0.2, -0.15) is 0 Å². The maximum Gasteiger partial charge on any atom is 0.0976 e. The van der Waals surface area contributed by atoms with Crippen LogP contribution >= 0.6 is 35.1 Å². The molecule has 0 saturated carbocycles. The summed E-state index contributed by atoms with van der Waals surface area (Å²) in [6, 6.07) is 12.0. The molecule has 0 bridgehead atoms. The van der Waals surface area contributed by atoms with E-state index in [0.29, 0.717) is 0 Å². The van der Waals surface area contributed by atoms with E-state index >= 15 is 0 Å². The van der Waals surface area contributed by atoms with Gasteiger partial charge in [0.1, 0.15) is 0 Å². The Hall–Kier alpha value is -0.900. The second-order valence-electron chi connectivity index (χ2n) is 3.87. The lowest BCUT2D eigenvalue weighted by Gasteiger charge is -2.02. The highest BCUT2D eigenvalue weighted by molar-refractivity contribution is 7.99. The molecule has 19 heavy (non-hydrogen) atoms. The Bertz CT molecular complexity index is 557. The number of rotatable bonds is 4. The third kappa shape index (κ3) is 4.30. The number of pyridine rings is 1. The number of hydrogen-bond donors (Lipinski definition) is 0. The van der Waals surface area contributed by atoms with Gasteiger partial charge in [-0.1, -0.05) is 35.9 Å². The van der Waals surface area contributed by atoms with Crippen LogP contribution in [0.15, 0.2) is 46.5 Å². The van der Waals surface area contributed by atoms with Gasteiger partial charge in [-0.25, -0.2) is 4.98 Å². The van der Waals surface area contributed by atoms with Gasteiger partial charge >= 0.3 is 0 Å². The van der Waals surface area contributed by atoms with Gasteiger partial charge < -0.3 is 0 Å². The van der Waals surface area contributed by atoms with Crippen LogP contribution in [0.2, 0.25) is 5.02 Å². The van der Waals surface area contributed by atoms with Crippen LogP contribution in [0.3, 0.4) is 0 Å². The molecule has 0 saturated heterocycles. The van der Waals surface area contributed by atoms with Crippen molar-refractivity contribution in [3.63, 3.8) is 0 Å². The van der Waals surface area contributed by atoms with E-state index < -0.39 is 0 Å². The van der Waals surface area contributed by atoms with Crippen molar-refractivity contribution in [2.75, 3.05) is 12.5 Å². The van der Waals surface area contributed by atoms with Gasteiger partial charge in [-0.15, -0.1) is 23.5 Å². The predicted octanol–water partition coefficient (Wildman–Crippen LogP) is 5.35. The summed E-state index contributed by atoms with van der Waals surface area (Å²) in [4.78, 5) is 4.51. The van der Waals surface area contributed by atoms with Crippen LogP contribution in [0.1, 0.15) is 11.1 Å². The molecule has 0 spiro atoms. The lowest BCUT2D eigenvalue weighted by atomic mass is 10.1. The van der Waals surface area contributed by atoms with Crippen molar-refractivity contribution in [3.8, 4) is 0 Å². The fourth-order valence-electron chi connectivity index (χ4n) is 1.57. The number of thioether (sulfide) groups is 2. The highest BCUT2D eigenvalue weighted by atomic mass is 35.5. The number of aromatic nitrogens is 1. The molecule has 1 aromatic carbocycles. The Labute approximate surface area is 127 Å². The molecule has 0 fully saturated rings. The standard InChI is InChI=1S/C15H14ClNS2/c1-18-14-9-12(10-15(17-14)19-2)4-3-11-5-7-13(16)8-6-11/h3-10H,1-2H3/b4-3+. The predicted molar refractivity (Wildman–Crippen MR) is 88.2 cm³/mol. The zero-order valence-corrected chi connectivity index (χ0v) is 13.1. The van der Waals surface area contributed by atoms with Crippen LogP contribution in [0.4, 0.5) is 0 Å². The maximum atomic E-state index is 5.87. The number of nitrogens with zero attached hydrogens (tertiary/aromatic N) is 1. The Morgan fingerprint density at radius 3 is 1.95 bits per heavy atom. The molecule has 4 heteroatoms. The largest absolute Gasteiger partial charge is 0.235 e. The van der Waals surface area contributed by atoms with Crippen molar-refractivity contribution < 1.29 is 0 Å². The molecule has 0 N–H and O–H groups in total. The quantitative estimate of drug-likeness (QED) is 0.707. The van der Waals surface area contributed by atoms with Crippen LogP contribution in [-0.2, 0) is 0 Å². The van der Waals surface area contributed by atoms with E-state index in [4.69, 9.17) is 11.6 Å². The molecule has 2 aromatic rings. The molecule has 0 aliphatic rings. The number of hydrogen-bond acceptors (Lipinski definition) is 3. The van der Waals surface area contributed by atoms with Gasteiger partial charge in [-0.3, -0.25) is 0 Å². The third-order valence-corrected chi connectivity index (χ3v) is 4.06. The summed E-state index contributed by atoms with van der Waals surface area (Å²) in [5.74, 6) is 0. The van der Waals surface area contributed by atoms with Crippen LogP contribution in [-0.4, -0.2) is 17.5 Å². The summed E-state index contributed by atoms with van der Waals surface area (Å²) in [6.45, 7) is 0. The van der Waals surface area contributed by atoms with Gasteiger partial charge in [0.2, 0.25) is 0 Å². The summed E-state index contributed by atoms with van der Waals surface area (Å²) in [5, 5.41) is 2.85. The van der Waals surface area contributed by atoms with Crippen molar-refractivity contribution in [2.24, 2.45) is 0 Å². The molecule has 1 nitrogen and oxygen atoms in total. The Kier molecular flexibility index (Phi) is 5.37. The van der Waals surface area contributed by atoms with Crippen molar-refractivity contribution in [1.29, 1.82) is 0 Å². The second-order valence-corrected chi connectivity index (χ2v) is 5.96. The van der Waals surface area contributed by atoms with E-state index in [1.54, 1.807) is 23.5 Å². The van der Waals surface area contributed by atoms with Crippen LogP contribution in [0.5, 0.6) is 0 Å². The topological polar surface area (TPSA) is 12.9 Å². The van der Waals surface area contributed by atoms with E-state index in [0.717, 1.165) is 20.6 Å². The average molecular weight is 308 g/mol. The molecule has 1 heterocycles. The lowest BCUT2D eigenvalue weighted by Crippen LogP contribution is -1.85. The monoisotopic (exact) mass is 307 g/mol. The molecule has 98 valence electrons. The second kappa shape index (κ2) is 7.04. The molecular weight excluding hydrogens is 294 g/mol. The molecule has 0 aliphatic carbocycles. The van der Waals surface area contributed by atoms with E-state index in [9.17, 15) is 0 Å². The normalized spacial score (nSPS) is 11.1. The molecule has 0 amide bonds. The highest BCUT2D eigenvalue weighted by Gasteiger charge is 1.99. The first kappa shape index (κ1) is 14.5. The van der Waals surface area contributed by atoms with Gasteiger partial charge in [-0.05, 0) is 47.9 Å². The van der Waals surface area contributed by atoms with Crippen LogP contribution in [0, 0.1) is 0 Å². The first-order valence-electron chi connectivity index (χ1n) is 5.75. The van der Waals surface area contributed by atoms with Gasteiger partial charge in [0.25, 0.3) is 0 Å². The minimum Gasteiger partial charge on any atom is -0.235 e. The summed E-state index contributed by atoms with van der Waals surface area (Å²) in [5.41, 5.74) is 2.30. The fraction of sp³-hybridized carbons (Fsp3) is 0.133. The molecule has 2 rings (SSSR count). The molecule has 0 atom stereocenters. The van der Waals surface area contributed by atoms with E-state index in [1.165, 1.54) is 5.56 Å². The summed E-state index contributed by atoms with van der Waals surface area (Å²) < 4.78 is 0. The van der Waals surface area contributed by atoms with Crippen molar-refractivity contribution >= 4 is 47.3 Å². The molecule has 1 aromatic heterocycles. The van der Waals surface area contributed by atoms with E-state index in [2.05, 4.69) is 29.3 Å². The Balaban J connectivity index is 2.24. The third-order valence-electron chi connectivity index (χ3n) is 2.56. The van der Waals surface area contributed by atoms with E-state index in [1.807, 2.05) is 36.8 Å². The molecular formula is C15H14ClNS2. The van der Waals surface area contributed by atoms with E-state index in [-0.39, 0.29) is 0 Å². The minimum absolute atomic E-state index is 0.760. The zero-order chi connectivity index (χ0) is 13.7. The number of halogens is 1. The zero-order valence-electron chi connectivity index (χ0n) is 10.8. The Morgan fingerprint density at radius 1 is 0.895 bits per heavy atom. The Morgan fingerprint density at radius 2 is 1.42 bits per heavy atom. The van der Waals surface area contributed by atoms with Crippen molar-refractivity contribution in [2.45, 2.75) is 10.1 Å². The number of benzene rings is 1. The van der Waals surface area contributed by atoms with Crippen LogP contribution < -0.4 is 0 Å². The van der Waals surface area contributed by atoms with Gasteiger partial charge in [0, 0.05) is 5.02 Å². The fourth-order valence-corrected chi connectivity index (χ4v) is 2.64. The lowest BCUT2D eigenvalue weighted by molar-refractivity contribution is 1.01. The first-order chi connectivity index (χ1) is 9.21. The SMILES string of the molecule is CSc1cc(/C=C/c2ccc(Cl)cc2)cc(SC)n1. The molecule has 0 radical (unpaired) electrons. The summed E-state index contributed by atoms with van der Waals surface area (Å²) >= 11 is 9.19. The summed E-state index contributed by atoms with van der Waals surface area (Å²) in [7, 11) is 0.